The molecule has 2 aliphatic rings. The number of furan rings is 1. The summed E-state index contributed by atoms with van der Waals surface area (Å²) in [6, 6.07) is 19.3. The molecule has 0 unspecified atom stereocenters. The van der Waals surface area contributed by atoms with Crippen LogP contribution in [0.2, 0.25) is 5.02 Å². The number of ether oxygens (including phenoxy) is 1. The van der Waals surface area contributed by atoms with Crippen LogP contribution in [0.1, 0.15) is 43.8 Å². The van der Waals surface area contributed by atoms with Gasteiger partial charge in [0.1, 0.15) is 23.3 Å². The minimum absolute atomic E-state index is 0.0621. The van der Waals surface area contributed by atoms with Crippen LogP contribution in [-0.4, -0.2) is 35.2 Å². The van der Waals surface area contributed by atoms with Gasteiger partial charge in [-0.1, -0.05) is 31.5 Å². The number of hydrogen-bond acceptors (Lipinski definition) is 7. The highest BCUT2D eigenvalue weighted by Gasteiger charge is 2.43. The molecule has 0 amide bonds. The SMILES string of the molecule is COc1cc([N+](=O)[O-])ccc1-c1ccc([C@H]2[C@H](c3ccccn3)NC(=S)N2c2ccc(N3C[C@H](C)C[C@H](C)C3)c(Cl)c2)o1. The maximum absolute atomic E-state index is 11.3. The molecule has 0 spiro atoms. The summed E-state index contributed by atoms with van der Waals surface area (Å²) in [5, 5.41) is 16.0. The van der Waals surface area contributed by atoms with Gasteiger partial charge < -0.3 is 24.3 Å². The Morgan fingerprint density at radius 2 is 1.88 bits per heavy atom. The number of anilines is 2. The predicted octanol–water partition coefficient (Wildman–Crippen LogP) is 7.57. The standard InChI is InChI=1S/C32H32ClN5O4S/c1-19-14-20(2)18-36(17-19)26-10-8-21(15-24(26)33)37-31(30(35-32(37)43)25-6-4-5-13-34-25)28-12-11-27(42-28)23-9-7-22(38(39)40)16-29(23)41-3/h4-13,15-16,19-20,30-31H,14,17-18H2,1-3H3,(H,35,43)/t19-,20+,30-,31-/m0/s1. The summed E-state index contributed by atoms with van der Waals surface area (Å²) < 4.78 is 11.9. The van der Waals surface area contributed by atoms with E-state index in [0.717, 1.165) is 30.2 Å². The first-order valence-electron chi connectivity index (χ1n) is 14.2. The number of methoxy groups -OCH3 is 1. The molecule has 43 heavy (non-hydrogen) atoms. The zero-order valence-corrected chi connectivity index (χ0v) is 25.6. The number of benzene rings is 2. The highest BCUT2D eigenvalue weighted by Crippen LogP contribution is 2.45. The number of rotatable bonds is 7. The Labute approximate surface area is 260 Å². The topological polar surface area (TPSA) is 96.9 Å². The van der Waals surface area contributed by atoms with E-state index >= 15 is 0 Å². The third-order valence-electron chi connectivity index (χ3n) is 8.10. The monoisotopic (exact) mass is 617 g/mol. The van der Waals surface area contributed by atoms with Crippen molar-refractivity contribution in [3.8, 4) is 17.1 Å². The molecule has 0 radical (unpaired) electrons. The van der Waals surface area contributed by atoms with Crippen molar-refractivity contribution in [1.82, 2.24) is 10.3 Å². The number of hydrogen-bond donors (Lipinski definition) is 1. The van der Waals surface area contributed by atoms with Crippen LogP contribution >= 0.6 is 23.8 Å². The molecule has 9 nitrogen and oxygen atoms in total. The summed E-state index contributed by atoms with van der Waals surface area (Å²) in [7, 11) is 1.48. The van der Waals surface area contributed by atoms with Crippen molar-refractivity contribution in [3.63, 3.8) is 0 Å². The van der Waals surface area contributed by atoms with Crippen molar-refractivity contribution in [2.75, 3.05) is 30.0 Å². The molecule has 2 saturated heterocycles. The fourth-order valence-electron chi connectivity index (χ4n) is 6.34. The molecule has 4 aromatic rings. The van der Waals surface area contributed by atoms with Gasteiger partial charge in [0, 0.05) is 31.0 Å². The summed E-state index contributed by atoms with van der Waals surface area (Å²) in [5.41, 5.74) is 3.20. The molecule has 1 N–H and O–H groups in total. The Balaban J connectivity index is 1.39. The van der Waals surface area contributed by atoms with Crippen LogP contribution in [0.4, 0.5) is 17.1 Å². The number of piperidine rings is 1. The Kier molecular flexibility index (Phi) is 7.98. The van der Waals surface area contributed by atoms with Gasteiger partial charge in [0.05, 0.1) is 46.1 Å². The van der Waals surface area contributed by atoms with Gasteiger partial charge in [-0.3, -0.25) is 15.1 Å². The largest absolute Gasteiger partial charge is 0.496 e. The Morgan fingerprint density at radius 3 is 2.56 bits per heavy atom. The van der Waals surface area contributed by atoms with Crippen molar-refractivity contribution >= 4 is 46.0 Å². The molecule has 6 rings (SSSR count). The molecular weight excluding hydrogens is 586 g/mol. The highest BCUT2D eigenvalue weighted by atomic mass is 35.5. The number of halogens is 1. The number of nitro groups is 1. The van der Waals surface area contributed by atoms with Gasteiger partial charge in [0.15, 0.2) is 5.11 Å². The van der Waals surface area contributed by atoms with Gasteiger partial charge in [-0.2, -0.15) is 0 Å². The minimum atomic E-state index is -0.455. The summed E-state index contributed by atoms with van der Waals surface area (Å²) in [5.74, 6) is 2.69. The number of non-ortho nitro benzene ring substituents is 1. The van der Waals surface area contributed by atoms with E-state index in [1.807, 2.05) is 41.3 Å². The Morgan fingerprint density at radius 1 is 1.09 bits per heavy atom. The summed E-state index contributed by atoms with van der Waals surface area (Å²) >= 11 is 12.8. The minimum Gasteiger partial charge on any atom is -0.496 e. The molecule has 4 atom stereocenters. The number of aromatic nitrogens is 1. The van der Waals surface area contributed by atoms with E-state index in [9.17, 15) is 10.1 Å². The Bertz CT molecular complexity index is 1650. The quantitative estimate of drug-likeness (QED) is 0.128. The molecule has 4 heterocycles. The van der Waals surface area contributed by atoms with Gasteiger partial charge in [0.2, 0.25) is 0 Å². The van der Waals surface area contributed by atoms with Crippen molar-refractivity contribution in [1.29, 1.82) is 0 Å². The number of thiocarbonyl (C=S) groups is 1. The first-order valence-corrected chi connectivity index (χ1v) is 15.0. The molecule has 222 valence electrons. The molecule has 0 saturated carbocycles. The third-order valence-corrected chi connectivity index (χ3v) is 8.71. The molecular formula is C32H32ClN5O4S. The first kappa shape index (κ1) is 28.9. The summed E-state index contributed by atoms with van der Waals surface area (Å²) in [6.07, 6.45) is 2.97. The van der Waals surface area contributed by atoms with Gasteiger partial charge in [-0.15, -0.1) is 0 Å². The average Bonchev–Trinajstić information content (AvgIpc) is 3.61. The normalized spacial score (nSPS) is 22.0. The molecule has 2 aromatic heterocycles. The summed E-state index contributed by atoms with van der Waals surface area (Å²) in [4.78, 5) is 19.9. The zero-order chi connectivity index (χ0) is 30.2. The van der Waals surface area contributed by atoms with Crippen LogP contribution < -0.4 is 19.9 Å². The van der Waals surface area contributed by atoms with E-state index in [-0.39, 0.29) is 11.7 Å². The molecule has 11 heteroatoms. The Hall–Kier alpha value is -4.15. The molecule has 2 aromatic carbocycles. The van der Waals surface area contributed by atoms with E-state index in [0.29, 0.717) is 44.8 Å². The van der Waals surface area contributed by atoms with E-state index in [1.165, 1.54) is 25.7 Å². The van der Waals surface area contributed by atoms with E-state index < -0.39 is 11.0 Å². The van der Waals surface area contributed by atoms with Gasteiger partial charge >= 0.3 is 0 Å². The van der Waals surface area contributed by atoms with E-state index in [2.05, 4.69) is 41.2 Å². The lowest BCUT2D eigenvalue weighted by Crippen LogP contribution is -2.38. The van der Waals surface area contributed by atoms with Crippen LogP contribution in [0, 0.1) is 22.0 Å². The smallest absolute Gasteiger partial charge is 0.273 e. The van der Waals surface area contributed by atoms with Gasteiger partial charge in [-0.05, 0) is 79.0 Å². The lowest BCUT2D eigenvalue weighted by atomic mass is 9.91. The fraction of sp³-hybridized carbons (Fsp3) is 0.312. The maximum atomic E-state index is 11.3. The van der Waals surface area contributed by atoms with Crippen LogP contribution in [0.15, 0.2) is 77.3 Å². The van der Waals surface area contributed by atoms with Crippen molar-refractivity contribution in [2.24, 2.45) is 11.8 Å². The first-order chi connectivity index (χ1) is 20.7. The molecule has 2 fully saturated rings. The van der Waals surface area contributed by atoms with Crippen molar-refractivity contribution in [3.05, 3.63) is 99.5 Å². The van der Waals surface area contributed by atoms with E-state index in [4.69, 9.17) is 33.0 Å². The van der Waals surface area contributed by atoms with Crippen LogP contribution in [-0.2, 0) is 0 Å². The lowest BCUT2D eigenvalue weighted by Gasteiger charge is -2.37. The number of nitro benzene ring substituents is 1. The second kappa shape index (κ2) is 11.9. The molecule has 2 aliphatic heterocycles. The van der Waals surface area contributed by atoms with E-state index in [1.54, 1.807) is 12.3 Å². The number of nitrogens with zero attached hydrogens (tertiary/aromatic N) is 4. The van der Waals surface area contributed by atoms with Gasteiger partial charge in [-0.25, -0.2) is 0 Å². The van der Waals surface area contributed by atoms with Gasteiger partial charge in [0.25, 0.3) is 5.69 Å². The molecule has 0 aliphatic carbocycles. The lowest BCUT2D eigenvalue weighted by molar-refractivity contribution is -0.384. The average molecular weight is 618 g/mol. The van der Waals surface area contributed by atoms with Crippen molar-refractivity contribution in [2.45, 2.75) is 32.4 Å². The highest BCUT2D eigenvalue weighted by molar-refractivity contribution is 7.80. The molecule has 0 bridgehead atoms. The van der Waals surface area contributed by atoms with Crippen LogP contribution in [0.5, 0.6) is 5.75 Å². The van der Waals surface area contributed by atoms with Crippen LogP contribution in [0.3, 0.4) is 0 Å². The fourth-order valence-corrected chi connectivity index (χ4v) is 6.98. The maximum Gasteiger partial charge on any atom is 0.273 e. The number of pyridine rings is 1. The zero-order valence-electron chi connectivity index (χ0n) is 24.1. The van der Waals surface area contributed by atoms with Crippen LogP contribution in [0.25, 0.3) is 11.3 Å². The van der Waals surface area contributed by atoms with Crippen molar-refractivity contribution < 1.29 is 14.1 Å². The third kappa shape index (κ3) is 5.64. The summed E-state index contributed by atoms with van der Waals surface area (Å²) in [6.45, 7) is 6.51. The number of nitrogens with one attached hydrogen (secondary N) is 1. The second-order valence-electron chi connectivity index (χ2n) is 11.3. The second-order valence-corrected chi connectivity index (χ2v) is 12.1. The predicted molar refractivity (Wildman–Crippen MR) is 172 cm³/mol.